The van der Waals surface area contributed by atoms with E-state index in [2.05, 4.69) is 82.9 Å². The lowest BCUT2D eigenvalue weighted by atomic mass is 9.86. The zero-order chi connectivity index (χ0) is 22.7. The highest BCUT2D eigenvalue weighted by atomic mass is 32.2. The maximum atomic E-state index is 12.9. The molecule has 3 rings (SSSR count). The van der Waals surface area contributed by atoms with Crippen molar-refractivity contribution in [2.75, 3.05) is 5.75 Å². The molecule has 0 radical (unpaired) electrons. The summed E-state index contributed by atoms with van der Waals surface area (Å²) in [7, 11) is -1.02. The number of nitrogens with two attached hydrogens (primary N) is 1. The minimum atomic E-state index is -1.02. The molecule has 164 valence electrons. The van der Waals surface area contributed by atoms with Crippen molar-refractivity contribution >= 4 is 16.6 Å². The van der Waals surface area contributed by atoms with E-state index in [1.165, 1.54) is 22.3 Å². The van der Waals surface area contributed by atoms with Crippen molar-refractivity contribution in [1.82, 2.24) is 0 Å². The highest BCUT2D eigenvalue weighted by molar-refractivity contribution is 7.86. The van der Waals surface area contributed by atoms with Gasteiger partial charge in [0.15, 0.2) is 0 Å². The fourth-order valence-corrected chi connectivity index (χ4v) is 6.02. The molecule has 31 heavy (non-hydrogen) atoms. The third kappa shape index (κ3) is 4.93. The van der Waals surface area contributed by atoms with Crippen molar-refractivity contribution in [3.05, 3.63) is 58.7 Å². The van der Waals surface area contributed by atoms with Crippen molar-refractivity contribution in [3.63, 3.8) is 0 Å². The molecule has 0 aromatic heterocycles. The number of aryl methyl sites for hydroxylation is 1. The first-order chi connectivity index (χ1) is 14.8. The summed E-state index contributed by atoms with van der Waals surface area (Å²) in [6.07, 6.45) is 1.07. The fraction of sp³-hybridized carbons (Fsp3) is 0.444. The van der Waals surface area contributed by atoms with E-state index in [0.29, 0.717) is 17.5 Å². The minimum absolute atomic E-state index is 0.150. The molecular formula is C27H34N2OS. The predicted molar refractivity (Wildman–Crippen MR) is 134 cm³/mol. The lowest BCUT2D eigenvalue weighted by Crippen LogP contribution is -2.42. The second-order valence-corrected chi connectivity index (χ2v) is 10.4. The Labute approximate surface area is 190 Å². The lowest BCUT2D eigenvalue weighted by Gasteiger charge is -2.28. The van der Waals surface area contributed by atoms with E-state index in [-0.39, 0.29) is 17.2 Å². The van der Waals surface area contributed by atoms with Crippen LogP contribution in [0, 0.1) is 24.7 Å². The number of hydrogen-bond donors (Lipinski definition) is 1. The summed E-state index contributed by atoms with van der Waals surface area (Å²) < 4.78 is 12.9. The number of rotatable bonds is 5. The second kappa shape index (κ2) is 9.83. The predicted octanol–water partition coefficient (Wildman–Crippen LogP) is 5.73. The van der Waals surface area contributed by atoms with Gasteiger partial charge in [0.2, 0.25) is 0 Å². The molecule has 3 nitrogen and oxygen atoms in total. The van der Waals surface area contributed by atoms with E-state index in [1.54, 1.807) is 0 Å². The standard InChI is InChI=1S/C27H34N2OS/c1-7-9-20-11-13-22(18(5)8-2)24(14-20)23-15-21(12-10-19(23)6)25-16-31(30)26(17(3)4)27(28)29-25/h10-15,17-18,25-26H,8,16H2,1-6H3,(H2,28,29). The molecule has 1 aliphatic heterocycles. The summed E-state index contributed by atoms with van der Waals surface area (Å²) >= 11 is 0. The normalized spacial score (nSPS) is 21.9. The van der Waals surface area contributed by atoms with Crippen LogP contribution >= 0.6 is 0 Å². The highest BCUT2D eigenvalue weighted by Gasteiger charge is 2.32. The molecule has 0 saturated heterocycles. The average Bonchev–Trinajstić information content (AvgIpc) is 2.73. The van der Waals surface area contributed by atoms with Crippen LogP contribution in [0.5, 0.6) is 0 Å². The first-order valence-electron chi connectivity index (χ1n) is 11.1. The van der Waals surface area contributed by atoms with E-state index >= 15 is 0 Å². The Morgan fingerprint density at radius 2 is 1.90 bits per heavy atom. The Morgan fingerprint density at radius 3 is 2.52 bits per heavy atom. The molecule has 0 fully saturated rings. The zero-order valence-electron chi connectivity index (χ0n) is 19.5. The molecule has 0 bridgehead atoms. The van der Waals surface area contributed by atoms with Gasteiger partial charge in [-0.15, -0.1) is 5.92 Å². The summed E-state index contributed by atoms with van der Waals surface area (Å²) in [5.41, 5.74) is 13.3. The van der Waals surface area contributed by atoms with Crippen molar-refractivity contribution in [2.24, 2.45) is 16.6 Å². The summed E-state index contributed by atoms with van der Waals surface area (Å²) in [6.45, 7) is 12.6. The van der Waals surface area contributed by atoms with Crippen molar-refractivity contribution in [2.45, 2.75) is 65.2 Å². The summed E-state index contributed by atoms with van der Waals surface area (Å²) in [5, 5.41) is -0.150. The van der Waals surface area contributed by atoms with Crippen LogP contribution in [0.3, 0.4) is 0 Å². The van der Waals surface area contributed by atoms with Crippen molar-refractivity contribution in [3.8, 4) is 23.0 Å². The first kappa shape index (κ1) is 23.3. The van der Waals surface area contributed by atoms with Crippen LogP contribution < -0.4 is 5.73 Å². The lowest BCUT2D eigenvalue weighted by molar-refractivity contribution is 0.621. The van der Waals surface area contributed by atoms with E-state index in [0.717, 1.165) is 17.5 Å². The first-order valence-corrected chi connectivity index (χ1v) is 12.5. The number of aliphatic imine (C=N–C) groups is 1. The van der Waals surface area contributed by atoms with E-state index in [1.807, 2.05) is 6.92 Å². The molecule has 2 aromatic rings. The Bertz CT molecular complexity index is 1070. The number of benzene rings is 2. The van der Waals surface area contributed by atoms with Gasteiger partial charge in [-0.05, 0) is 78.1 Å². The van der Waals surface area contributed by atoms with Crippen LogP contribution in [0.25, 0.3) is 11.1 Å². The quantitative estimate of drug-likeness (QED) is 0.611. The second-order valence-electron chi connectivity index (χ2n) is 8.84. The largest absolute Gasteiger partial charge is 0.386 e. The number of nitrogens with zero attached hydrogens (tertiary/aromatic N) is 1. The zero-order valence-corrected chi connectivity index (χ0v) is 20.3. The molecular weight excluding hydrogens is 400 g/mol. The number of hydrogen-bond acceptors (Lipinski definition) is 3. The van der Waals surface area contributed by atoms with Gasteiger partial charge in [-0.3, -0.25) is 9.20 Å². The van der Waals surface area contributed by atoms with Crippen LogP contribution in [-0.4, -0.2) is 21.0 Å². The van der Waals surface area contributed by atoms with Gasteiger partial charge in [0.1, 0.15) is 5.84 Å². The maximum Gasteiger partial charge on any atom is 0.111 e. The highest BCUT2D eigenvalue weighted by Crippen LogP contribution is 2.36. The average molecular weight is 435 g/mol. The molecule has 0 aliphatic carbocycles. The molecule has 0 amide bonds. The minimum Gasteiger partial charge on any atom is -0.386 e. The van der Waals surface area contributed by atoms with Crippen molar-refractivity contribution in [1.29, 1.82) is 0 Å². The molecule has 0 spiro atoms. The molecule has 1 aliphatic rings. The molecule has 2 N–H and O–H groups in total. The molecule has 1 heterocycles. The van der Waals surface area contributed by atoms with Gasteiger partial charge in [0, 0.05) is 16.4 Å². The molecule has 0 saturated carbocycles. The van der Waals surface area contributed by atoms with Gasteiger partial charge in [0.25, 0.3) is 0 Å². The van der Waals surface area contributed by atoms with Gasteiger partial charge in [-0.25, -0.2) is 0 Å². The molecule has 2 aromatic carbocycles. The van der Waals surface area contributed by atoms with Crippen LogP contribution in [0.1, 0.15) is 75.3 Å². The topological polar surface area (TPSA) is 55.5 Å². The van der Waals surface area contributed by atoms with E-state index < -0.39 is 10.8 Å². The van der Waals surface area contributed by atoms with E-state index in [9.17, 15) is 4.21 Å². The monoisotopic (exact) mass is 434 g/mol. The van der Waals surface area contributed by atoms with Crippen LogP contribution in [0.2, 0.25) is 0 Å². The molecule has 4 unspecified atom stereocenters. The Morgan fingerprint density at radius 1 is 1.16 bits per heavy atom. The molecule has 4 atom stereocenters. The third-order valence-corrected chi connectivity index (χ3v) is 8.21. The molecule has 4 heteroatoms. The van der Waals surface area contributed by atoms with Gasteiger partial charge < -0.3 is 5.73 Å². The van der Waals surface area contributed by atoms with Gasteiger partial charge in [-0.1, -0.05) is 51.8 Å². The Kier molecular flexibility index (Phi) is 7.38. The number of amidine groups is 1. The Hall–Kier alpha value is -2.38. The van der Waals surface area contributed by atoms with E-state index in [4.69, 9.17) is 10.7 Å². The smallest absolute Gasteiger partial charge is 0.111 e. The third-order valence-electron chi connectivity index (χ3n) is 6.21. The SMILES string of the molecule is CC#Cc1ccc(C(C)CC)c(-c2cc(C3CS(=O)C(C(C)C)C(N)=N3)ccc2C)c1. The van der Waals surface area contributed by atoms with Gasteiger partial charge >= 0.3 is 0 Å². The summed E-state index contributed by atoms with van der Waals surface area (Å²) in [6, 6.07) is 12.8. The van der Waals surface area contributed by atoms with Crippen LogP contribution in [0.15, 0.2) is 41.4 Å². The fourth-order valence-electron chi connectivity index (χ4n) is 4.30. The Balaban J connectivity index is 2.11. The maximum absolute atomic E-state index is 12.9. The van der Waals surface area contributed by atoms with Gasteiger partial charge in [-0.2, -0.15) is 0 Å². The van der Waals surface area contributed by atoms with Gasteiger partial charge in [0.05, 0.1) is 17.0 Å². The van der Waals surface area contributed by atoms with Crippen LogP contribution in [-0.2, 0) is 10.8 Å². The van der Waals surface area contributed by atoms with Crippen molar-refractivity contribution < 1.29 is 4.21 Å². The van der Waals surface area contributed by atoms with Crippen LogP contribution in [0.4, 0.5) is 0 Å². The summed E-state index contributed by atoms with van der Waals surface area (Å²) in [5.74, 6) is 7.92. The summed E-state index contributed by atoms with van der Waals surface area (Å²) in [4.78, 5) is 4.77.